The van der Waals surface area contributed by atoms with Gasteiger partial charge in [0.15, 0.2) is 0 Å². The number of carbonyl (C=O) groups excluding carboxylic acids is 2. The minimum atomic E-state index is -0.237. The normalized spacial score (nSPS) is 14.2. The number of aliphatic hydroxyl groups excluding tert-OH is 1. The Kier molecular flexibility index (Phi) is 7.85. The fourth-order valence-electron chi connectivity index (χ4n) is 4.00. The molecule has 188 valence electrons. The number of hydrogen-bond acceptors (Lipinski definition) is 7. The molecule has 0 fully saturated rings. The second kappa shape index (κ2) is 11.0. The maximum absolute atomic E-state index is 13.1. The van der Waals surface area contributed by atoms with Gasteiger partial charge >= 0.3 is 0 Å². The number of amides is 2. The molecule has 0 bridgehead atoms. The SMILES string of the molecule is COc1cccc([C@@H](C)NC(=O)CN2Cc3ccc(-c4nc(N[C@@H](C)CO)ncc4Br)cc3C2=O)c1. The fourth-order valence-corrected chi connectivity index (χ4v) is 4.42. The molecule has 2 aromatic carbocycles. The number of aromatic nitrogens is 2. The third kappa shape index (κ3) is 5.66. The summed E-state index contributed by atoms with van der Waals surface area (Å²) in [6.07, 6.45) is 1.63. The van der Waals surface area contributed by atoms with E-state index in [0.717, 1.165) is 22.4 Å². The fraction of sp³-hybridized carbons (Fsp3) is 0.308. The molecule has 2 amide bonds. The number of carbonyl (C=O) groups is 2. The van der Waals surface area contributed by atoms with Crippen LogP contribution in [0, 0.1) is 0 Å². The number of methoxy groups -OCH3 is 1. The Hall–Kier alpha value is -3.50. The average molecular weight is 554 g/mol. The van der Waals surface area contributed by atoms with Crippen LogP contribution < -0.4 is 15.4 Å². The summed E-state index contributed by atoms with van der Waals surface area (Å²) in [4.78, 5) is 36.2. The Bertz CT molecular complexity index is 1280. The summed E-state index contributed by atoms with van der Waals surface area (Å²) in [6.45, 7) is 3.98. The van der Waals surface area contributed by atoms with Crippen LogP contribution in [-0.2, 0) is 11.3 Å². The molecular weight excluding hydrogens is 526 g/mol. The van der Waals surface area contributed by atoms with Crippen molar-refractivity contribution in [1.82, 2.24) is 20.2 Å². The molecule has 1 aliphatic rings. The van der Waals surface area contributed by atoms with E-state index in [9.17, 15) is 14.7 Å². The maximum atomic E-state index is 13.1. The number of nitrogens with zero attached hydrogens (tertiary/aromatic N) is 3. The summed E-state index contributed by atoms with van der Waals surface area (Å²) in [5, 5.41) is 15.3. The highest BCUT2D eigenvalue weighted by Gasteiger charge is 2.30. The first-order chi connectivity index (χ1) is 17.3. The molecule has 0 saturated carbocycles. The van der Waals surface area contributed by atoms with Gasteiger partial charge in [-0.15, -0.1) is 0 Å². The molecule has 0 saturated heterocycles. The highest BCUT2D eigenvalue weighted by Crippen LogP contribution is 2.31. The van der Waals surface area contributed by atoms with Gasteiger partial charge in [-0.2, -0.15) is 0 Å². The van der Waals surface area contributed by atoms with Crippen LogP contribution in [0.4, 0.5) is 5.95 Å². The monoisotopic (exact) mass is 553 g/mol. The smallest absolute Gasteiger partial charge is 0.254 e. The minimum absolute atomic E-state index is 0.0402. The minimum Gasteiger partial charge on any atom is -0.497 e. The molecule has 3 N–H and O–H groups in total. The lowest BCUT2D eigenvalue weighted by molar-refractivity contribution is -0.122. The van der Waals surface area contributed by atoms with E-state index in [0.29, 0.717) is 28.2 Å². The summed E-state index contributed by atoms with van der Waals surface area (Å²) in [5.41, 5.74) is 3.69. The van der Waals surface area contributed by atoms with Crippen LogP contribution in [0.3, 0.4) is 0 Å². The lowest BCUT2D eigenvalue weighted by atomic mass is 10.0. The Balaban J connectivity index is 1.46. The molecular formula is C26H28BrN5O4. The molecule has 0 aliphatic carbocycles. The third-order valence-electron chi connectivity index (χ3n) is 5.96. The van der Waals surface area contributed by atoms with Gasteiger partial charge in [-0.25, -0.2) is 9.97 Å². The topological polar surface area (TPSA) is 117 Å². The highest BCUT2D eigenvalue weighted by atomic mass is 79.9. The second-order valence-electron chi connectivity index (χ2n) is 8.72. The van der Waals surface area contributed by atoms with E-state index >= 15 is 0 Å². The van der Waals surface area contributed by atoms with Gasteiger partial charge in [0.25, 0.3) is 5.91 Å². The molecule has 0 unspecified atom stereocenters. The van der Waals surface area contributed by atoms with Gasteiger partial charge in [-0.1, -0.05) is 24.3 Å². The van der Waals surface area contributed by atoms with E-state index in [1.165, 1.54) is 4.90 Å². The summed E-state index contributed by atoms with van der Waals surface area (Å²) >= 11 is 3.48. The number of hydrogen-bond donors (Lipinski definition) is 3. The van der Waals surface area contributed by atoms with E-state index in [1.54, 1.807) is 19.4 Å². The van der Waals surface area contributed by atoms with E-state index in [1.807, 2.05) is 50.2 Å². The predicted octanol–water partition coefficient (Wildman–Crippen LogP) is 3.54. The number of nitrogens with one attached hydrogen (secondary N) is 2. The molecule has 0 radical (unpaired) electrons. The van der Waals surface area contributed by atoms with Crippen molar-refractivity contribution in [2.24, 2.45) is 0 Å². The van der Waals surface area contributed by atoms with Crippen molar-refractivity contribution in [3.05, 3.63) is 69.8 Å². The van der Waals surface area contributed by atoms with Crippen molar-refractivity contribution in [2.75, 3.05) is 25.6 Å². The van der Waals surface area contributed by atoms with Crippen LogP contribution in [0.2, 0.25) is 0 Å². The van der Waals surface area contributed by atoms with E-state index in [4.69, 9.17) is 4.74 Å². The largest absolute Gasteiger partial charge is 0.497 e. The Morgan fingerprint density at radius 3 is 2.81 bits per heavy atom. The molecule has 2 atom stereocenters. The van der Waals surface area contributed by atoms with Crippen molar-refractivity contribution in [2.45, 2.75) is 32.5 Å². The van der Waals surface area contributed by atoms with E-state index in [2.05, 4.69) is 36.5 Å². The van der Waals surface area contributed by atoms with Crippen LogP contribution in [0.5, 0.6) is 5.75 Å². The second-order valence-corrected chi connectivity index (χ2v) is 9.57. The quantitative estimate of drug-likeness (QED) is 0.371. The van der Waals surface area contributed by atoms with Crippen LogP contribution >= 0.6 is 15.9 Å². The van der Waals surface area contributed by atoms with Crippen LogP contribution in [0.15, 0.2) is 53.1 Å². The summed E-state index contributed by atoms with van der Waals surface area (Å²) < 4.78 is 5.93. The third-order valence-corrected chi connectivity index (χ3v) is 6.54. The number of halogens is 1. The van der Waals surface area contributed by atoms with Crippen molar-refractivity contribution in [3.63, 3.8) is 0 Å². The van der Waals surface area contributed by atoms with Crippen LogP contribution in [0.1, 0.15) is 41.4 Å². The average Bonchev–Trinajstić information content (AvgIpc) is 3.19. The molecule has 9 nitrogen and oxygen atoms in total. The Morgan fingerprint density at radius 1 is 1.25 bits per heavy atom. The lowest BCUT2D eigenvalue weighted by Crippen LogP contribution is -2.38. The summed E-state index contributed by atoms with van der Waals surface area (Å²) in [6, 6.07) is 12.7. The number of aliphatic hydroxyl groups is 1. The zero-order valence-corrected chi connectivity index (χ0v) is 21.9. The predicted molar refractivity (Wildman–Crippen MR) is 140 cm³/mol. The Morgan fingerprint density at radius 2 is 2.06 bits per heavy atom. The van der Waals surface area contributed by atoms with Crippen molar-refractivity contribution in [3.8, 4) is 17.0 Å². The number of fused-ring (bicyclic) bond motifs is 1. The van der Waals surface area contributed by atoms with Gasteiger partial charge < -0.3 is 25.4 Å². The van der Waals surface area contributed by atoms with Crippen molar-refractivity contribution < 1.29 is 19.4 Å². The van der Waals surface area contributed by atoms with Gasteiger partial charge in [0.2, 0.25) is 11.9 Å². The molecule has 2 heterocycles. The van der Waals surface area contributed by atoms with Crippen LogP contribution in [-0.4, -0.2) is 58.1 Å². The molecule has 4 rings (SSSR count). The number of benzene rings is 2. The van der Waals surface area contributed by atoms with Gasteiger partial charge in [-0.3, -0.25) is 9.59 Å². The zero-order valence-electron chi connectivity index (χ0n) is 20.3. The summed E-state index contributed by atoms with van der Waals surface area (Å²) in [7, 11) is 1.60. The zero-order chi connectivity index (χ0) is 25.8. The van der Waals surface area contributed by atoms with E-state index in [-0.39, 0.29) is 37.0 Å². The lowest BCUT2D eigenvalue weighted by Gasteiger charge is -2.19. The number of ether oxygens (including phenoxy) is 1. The molecule has 3 aromatic rings. The standard InChI is InChI=1S/C26H28BrN5O4/c1-15(14-33)29-26-28-11-22(27)24(31-26)18-7-8-19-12-32(25(35)21(19)10-18)13-23(34)30-16(2)17-5-4-6-20(9-17)36-3/h4-11,15-16,33H,12-14H2,1-3H3,(H,30,34)(H,28,29,31)/t15-,16+/m0/s1. The Labute approximate surface area is 218 Å². The van der Waals surface area contributed by atoms with Crippen molar-refractivity contribution in [1.29, 1.82) is 0 Å². The summed E-state index contributed by atoms with van der Waals surface area (Å²) in [5.74, 6) is 0.660. The first-order valence-electron chi connectivity index (χ1n) is 11.5. The van der Waals surface area contributed by atoms with Crippen molar-refractivity contribution >= 4 is 33.7 Å². The van der Waals surface area contributed by atoms with Gasteiger partial charge in [-0.05, 0) is 59.1 Å². The number of rotatable bonds is 9. The molecule has 36 heavy (non-hydrogen) atoms. The molecule has 1 aromatic heterocycles. The van der Waals surface area contributed by atoms with Gasteiger partial charge in [0, 0.05) is 29.9 Å². The highest BCUT2D eigenvalue weighted by molar-refractivity contribution is 9.10. The van der Waals surface area contributed by atoms with E-state index < -0.39 is 0 Å². The number of anilines is 1. The maximum Gasteiger partial charge on any atom is 0.254 e. The molecule has 10 heteroatoms. The first kappa shape index (κ1) is 25.6. The molecule has 1 aliphatic heterocycles. The van der Waals surface area contributed by atoms with Gasteiger partial charge in [0.05, 0.1) is 29.9 Å². The van der Waals surface area contributed by atoms with Gasteiger partial charge in [0.1, 0.15) is 12.3 Å². The first-order valence-corrected chi connectivity index (χ1v) is 12.3. The molecule has 0 spiro atoms. The van der Waals surface area contributed by atoms with Crippen LogP contribution in [0.25, 0.3) is 11.3 Å².